The molecule has 0 fully saturated rings. The lowest BCUT2D eigenvalue weighted by Gasteiger charge is -2.34. The average molecular weight is 455 g/mol. The zero-order chi connectivity index (χ0) is 24.2. The number of benzene rings is 1. The maximum Gasteiger partial charge on any atom is 0.411 e. The first kappa shape index (κ1) is 22.5. The summed E-state index contributed by atoms with van der Waals surface area (Å²) < 4.78 is 22.6. The van der Waals surface area contributed by atoms with Crippen molar-refractivity contribution in [3.63, 3.8) is 0 Å². The number of amides is 1. The molecule has 1 N–H and O–H groups in total. The van der Waals surface area contributed by atoms with Crippen molar-refractivity contribution in [1.29, 1.82) is 0 Å². The SMILES string of the molecule is Cc1cc(-n2nc3c(c2-n2cc[nH]c2=O)[C@H](C)N(C(=O)OC(C)(C)C)CC3=O)cc(C)c1F. The van der Waals surface area contributed by atoms with Gasteiger partial charge in [0.05, 0.1) is 18.3 Å². The van der Waals surface area contributed by atoms with Gasteiger partial charge in [-0.2, -0.15) is 5.10 Å². The van der Waals surface area contributed by atoms with Crippen LogP contribution in [0.2, 0.25) is 0 Å². The van der Waals surface area contributed by atoms with E-state index in [1.807, 2.05) is 0 Å². The number of rotatable bonds is 2. The summed E-state index contributed by atoms with van der Waals surface area (Å²) in [6, 6.07) is 2.59. The van der Waals surface area contributed by atoms with Gasteiger partial charge in [-0.15, -0.1) is 0 Å². The van der Waals surface area contributed by atoms with E-state index in [4.69, 9.17) is 4.74 Å². The van der Waals surface area contributed by atoms with E-state index in [1.54, 1.807) is 53.7 Å². The molecule has 2 aromatic heterocycles. The predicted molar refractivity (Wildman–Crippen MR) is 119 cm³/mol. The number of nitrogens with zero attached hydrogens (tertiary/aromatic N) is 4. The first-order chi connectivity index (χ1) is 15.4. The Hall–Kier alpha value is -3.69. The maximum atomic E-state index is 14.3. The summed E-state index contributed by atoms with van der Waals surface area (Å²) in [5, 5.41) is 4.52. The molecular formula is C23H26FN5O4. The maximum absolute atomic E-state index is 14.3. The molecule has 0 bridgehead atoms. The van der Waals surface area contributed by atoms with Gasteiger partial charge >= 0.3 is 11.8 Å². The summed E-state index contributed by atoms with van der Waals surface area (Å²) >= 11 is 0. The Morgan fingerprint density at radius 3 is 2.39 bits per heavy atom. The van der Waals surface area contributed by atoms with Gasteiger partial charge in [0.25, 0.3) is 0 Å². The second-order valence-electron chi connectivity index (χ2n) is 9.23. The number of halogens is 1. The molecule has 9 nitrogen and oxygen atoms in total. The number of ketones is 1. The predicted octanol–water partition coefficient (Wildman–Crippen LogP) is 3.60. The third-order valence-corrected chi connectivity index (χ3v) is 5.53. The number of hydrogen-bond acceptors (Lipinski definition) is 5. The Balaban J connectivity index is 1.95. The number of ether oxygens (including phenoxy) is 1. The van der Waals surface area contributed by atoms with Crippen LogP contribution in [0.15, 0.2) is 29.3 Å². The van der Waals surface area contributed by atoms with E-state index in [2.05, 4.69) is 10.1 Å². The number of H-pyrrole nitrogens is 1. The Bertz CT molecular complexity index is 1300. The molecule has 1 aliphatic rings. The summed E-state index contributed by atoms with van der Waals surface area (Å²) in [7, 11) is 0. The average Bonchev–Trinajstić information content (AvgIpc) is 3.30. The molecule has 0 radical (unpaired) electrons. The topological polar surface area (TPSA) is 102 Å². The number of imidazole rings is 1. The molecule has 0 saturated heterocycles. The van der Waals surface area contributed by atoms with E-state index in [1.165, 1.54) is 26.5 Å². The van der Waals surface area contributed by atoms with Gasteiger partial charge in [-0.1, -0.05) is 0 Å². The van der Waals surface area contributed by atoms with Crippen molar-refractivity contribution in [2.45, 2.75) is 53.2 Å². The Morgan fingerprint density at radius 2 is 1.85 bits per heavy atom. The van der Waals surface area contributed by atoms with Gasteiger partial charge in [0.15, 0.2) is 5.82 Å². The van der Waals surface area contributed by atoms with Crippen molar-refractivity contribution in [3.05, 3.63) is 63.2 Å². The first-order valence-electron chi connectivity index (χ1n) is 10.6. The van der Waals surface area contributed by atoms with E-state index in [-0.39, 0.29) is 23.8 Å². The molecule has 10 heteroatoms. The fourth-order valence-electron chi connectivity index (χ4n) is 4.02. The van der Waals surface area contributed by atoms with E-state index in [9.17, 15) is 18.8 Å². The second-order valence-corrected chi connectivity index (χ2v) is 9.23. The highest BCUT2D eigenvalue weighted by Gasteiger charge is 2.40. The highest BCUT2D eigenvalue weighted by atomic mass is 19.1. The molecule has 1 aliphatic heterocycles. The van der Waals surface area contributed by atoms with Gasteiger partial charge in [0, 0.05) is 18.0 Å². The van der Waals surface area contributed by atoms with Crippen molar-refractivity contribution < 1.29 is 18.7 Å². The first-order valence-corrected chi connectivity index (χ1v) is 10.6. The van der Waals surface area contributed by atoms with Gasteiger partial charge in [0.2, 0.25) is 5.78 Å². The third-order valence-electron chi connectivity index (χ3n) is 5.53. The van der Waals surface area contributed by atoms with Crippen LogP contribution < -0.4 is 5.69 Å². The number of Topliss-reactive ketones (excluding diaryl/α,β-unsaturated/α-hetero) is 1. The summed E-state index contributed by atoms with van der Waals surface area (Å²) in [5.74, 6) is -0.416. The molecular weight excluding hydrogens is 429 g/mol. The van der Waals surface area contributed by atoms with Crippen molar-refractivity contribution >= 4 is 11.9 Å². The van der Waals surface area contributed by atoms with Gasteiger partial charge < -0.3 is 9.72 Å². The zero-order valence-corrected chi connectivity index (χ0v) is 19.4. The second kappa shape index (κ2) is 7.72. The van der Waals surface area contributed by atoms with Crippen LogP contribution in [0.3, 0.4) is 0 Å². The van der Waals surface area contributed by atoms with Gasteiger partial charge in [0.1, 0.15) is 17.1 Å². The lowest BCUT2D eigenvalue weighted by molar-refractivity contribution is 0.0158. The van der Waals surface area contributed by atoms with E-state index < -0.39 is 23.4 Å². The van der Waals surface area contributed by atoms with Crippen LogP contribution in [0.5, 0.6) is 0 Å². The third kappa shape index (κ3) is 3.85. The minimum absolute atomic E-state index is 0.157. The fourth-order valence-corrected chi connectivity index (χ4v) is 4.02. The quantitative estimate of drug-likeness (QED) is 0.636. The highest BCUT2D eigenvalue weighted by molar-refractivity contribution is 6.01. The van der Waals surface area contributed by atoms with Gasteiger partial charge in [-0.05, 0) is 64.8 Å². The monoisotopic (exact) mass is 455 g/mol. The van der Waals surface area contributed by atoms with Crippen LogP contribution in [0.1, 0.15) is 60.9 Å². The highest BCUT2D eigenvalue weighted by Crippen LogP contribution is 2.36. The molecule has 33 heavy (non-hydrogen) atoms. The Morgan fingerprint density at radius 1 is 1.21 bits per heavy atom. The molecule has 0 aliphatic carbocycles. The molecule has 4 rings (SSSR count). The van der Waals surface area contributed by atoms with Crippen molar-refractivity contribution in [1.82, 2.24) is 24.2 Å². The van der Waals surface area contributed by atoms with Crippen LogP contribution in [0, 0.1) is 19.7 Å². The van der Waals surface area contributed by atoms with Crippen LogP contribution in [-0.2, 0) is 4.74 Å². The standard InChI is InChI=1S/C23H26FN5O4/c1-12-9-15(10-13(2)18(12)24)29-20(27-8-7-25-21(27)31)17-14(3)28(11-16(30)19(17)26-29)22(32)33-23(4,5)6/h7-10,14H,11H2,1-6H3,(H,25,31)/t14-/m0/s1. The lowest BCUT2D eigenvalue weighted by atomic mass is 9.99. The summed E-state index contributed by atoms with van der Waals surface area (Å²) in [6.45, 7) is 10.1. The molecule has 1 amide bonds. The lowest BCUT2D eigenvalue weighted by Crippen LogP contribution is -2.44. The summed E-state index contributed by atoms with van der Waals surface area (Å²) in [6.07, 6.45) is 2.35. The van der Waals surface area contributed by atoms with Gasteiger partial charge in [-0.3, -0.25) is 14.3 Å². The van der Waals surface area contributed by atoms with Crippen LogP contribution in [0.4, 0.5) is 9.18 Å². The molecule has 0 saturated carbocycles. The molecule has 1 aromatic carbocycles. The number of aromatic nitrogens is 4. The number of aryl methyl sites for hydroxylation is 2. The molecule has 1 atom stereocenters. The largest absolute Gasteiger partial charge is 0.444 e. The zero-order valence-electron chi connectivity index (χ0n) is 19.4. The van der Waals surface area contributed by atoms with Crippen LogP contribution >= 0.6 is 0 Å². The minimum Gasteiger partial charge on any atom is -0.444 e. The molecule has 0 unspecified atom stereocenters. The molecule has 3 aromatic rings. The number of carbonyl (C=O) groups is 2. The fraction of sp³-hybridized carbons (Fsp3) is 0.391. The van der Waals surface area contributed by atoms with Crippen LogP contribution in [0.25, 0.3) is 11.5 Å². The van der Waals surface area contributed by atoms with E-state index >= 15 is 0 Å². The number of nitrogens with one attached hydrogen (secondary N) is 1. The Labute approximate surface area is 189 Å². The molecule has 3 heterocycles. The van der Waals surface area contributed by atoms with E-state index in [0.717, 1.165) is 0 Å². The van der Waals surface area contributed by atoms with Gasteiger partial charge in [-0.25, -0.2) is 18.7 Å². The molecule has 174 valence electrons. The van der Waals surface area contributed by atoms with Crippen LogP contribution in [-0.4, -0.2) is 48.3 Å². The summed E-state index contributed by atoms with van der Waals surface area (Å²) in [5.41, 5.74) is 0.689. The minimum atomic E-state index is -0.742. The smallest absolute Gasteiger partial charge is 0.411 e. The van der Waals surface area contributed by atoms with E-state index in [0.29, 0.717) is 28.2 Å². The Kier molecular flexibility index (Phi) is 5.26. The number of carbonyl (C=O) groups excluding carboxylic acids is 2. The molecule has 0 spiro atoms. The number of aromatic amines is 1. The van der Waals surface area contributed by atoms with Crippen molar-refractivity contribution in [3.8, 4) is 11.5 Å². The normalized spacial score (nSPS) is 16.2. The summed E-state index contributed by atoms with van der Waals surface area (Å²) in [4.78, 5) is 42.4. The van der Waals surface area contributed by atoms with Crippen molar-refractivity contribution in [2.75, 3.05) is 6.54 Å². The number of fused-ring (bicyclic) bond motifs is 1. The number of hydrogen-bond donors (Lipinski definition) is 1. The van der Waals surface area contributed by atoms with Crippen molar-refractivity contribution in [2.24, 2.45) is 0 Å².